The highest BCUT2D eigenvalue weighted by Crippen LogP contribution is 2.25. The molecule has 0 atom stereocenters. The predicted molar refractivity (Wildman–Crippen MR) is 133 cm³/mol. The summed E-state index contributed by atoms with van der Waals surface area (Å²) in [5.74, 6) is 0.0594. The van der Waals surface area contributed by atoms with E-state index in [4.69, 9.17) is 4.98 Å². The number of hydrazone groups is 1. The number of hydrogen-bond donors (Lipinski definition) is 1. The molecular weight excluding hydrogens is 418 g/mol. The molecule has 0 spiro atoms. The molecule has 1 heterocycles. The van der Waals surface area contributed by atoms with E-state index in [1.807, 2.05) is 79.7 Å². The van der Waals surface area contributed by atoms with Crippen molar-refractivity contribution in [2.24, 2.45) is 5.10 Å². The highest BCUT2D eigenvalue weighted by Gasteiger charge is 2.13. The number of carbonyl (C=O) groups is 1. The SMILES string of the molecule is CN(C)c1ccc(/C=N\NC(=O)CSc2nc3ccccc3n2Cc2ccccc2)cc1. The van der Waals surface area contributed by atoms with Crippen LogP contribution in [0.25, 0.3) is 11.0 Å². The highest BCUT2D eigenvalue weighted by atomic mass is 32.2. The van der Waals surface area contributed by atoms with E-state index in [1.54, 1.807) is 6.21 Å². The van der Waals surface area contributed by atoms with E-state index >= 15 is 0 Å². The summed E-state index contributed by atoms with van der Waals surface area (Å²) in [7, 11) is 3.99. The van der Waals surface area contributed by atoms with E-state index in [2.05, 4.69) is 33.3 Å². The van der Waals surface area contributed by atoms with Crippen molar-refractivity contribution in [3.63, 3.8) is 0 Å². The minimum atomic E-state index is -0.172. The average molecular weight is 444 g/mol. The number of nitrogens with one attached hydrogen (secondary N) is 1. The largest absolute Gasteiger partial charge is 0.378 e. The Bertz CT molecular complexity index is 1220. The molecule has 0 radical (unpaired) electrons. The summed E-state index contributed by atoms with van der Waals surface area (Å²) >= 11 is 1.41. The van der Waals surface area contributed by atoms with E-state index in [0.717, 1.165) is 27.4 Å². The molecule has 32 heavy (non-hydrogen) atoms. The monoisotopic (exact) mass is 443 g/mol. The summed E-state index contributed by atoms with van der Waals surface area (Å²) in [5, 5.41) is 4.90. The third-order valence-electron chi connectivity index (χ3n) is 4.95. The van der Waals surface area contributed by atoms with Gasteiger partial charge in [-0.15, -0.1) is 0 Å². The summed E-state index contributed by atoms with van der Waals surface area (Å²) in [5.41, 5.74) is 7.80. The molecular formula is C25H25N5OS. The fourth-order valence-corrected chi connectivity index (χ4v) is 4.09. The van der Waals surface area contributed by atoms with E-state index in [9.17, 15) is 4.79 Å². The molecule has 0 aliphatic heterocycles. The van der Waals surface area contributed by atoms with Crippen LogP contribution in [0.15, 0.2) is 89.1 Å². The van der Waals surface area contributed by atoms with E-state index in [-0.39, 0.29) is 11.7 Å². The maximum atomic E-state index is 12.3. The van der Waals surface area contributed by atoms with Gasteiger partial charge in [-0.25, -0.2) is 10.4 Å². The van der Waals surface area contributed by atoms with Crippen LogP contribution < -0.4 is 10.3 Å². The van der Waals surface area contributed by atoms with Crippen molar-refractivity contribution in [2.75, 3.05) is 24.7 Å². The molecule has 3 aromatic carbocycles. The zero-order valence-corrected chi connectivity index (χ0v) is 18.9. The number of anilines is 1. The number of hydrogen-bond acceptors (Lipinski definition) is 5. The van der Waals surface area contributed by atoms with Crippen molar-refractivity contribution in [1.82, 2.24) is 15.0 Å². The van der Waals surface area contributed by atoms with Gasteiger partial charge in [0, 0.05) is 19.8 Å². The third-order valence-corrected chi connectivity index (χ3v) is 5.92. The standard InChI is InChI=1S/C25H25N5OS/c1-29(2)21-14-12-19(13-15-21)16-26-28-24(31)18-32-25-27-22-10-6-7-11-23(22)30(25)17-20-8-4-3-5-9-20/h3-16H,17-18H2,1-2H3,(H,28,31)/b26-16-. The van der Waals surface area contributed by atoms with Crippen LogP contribution in [-0.2, 0) is 11.3 Å². The molecule has 4 aromatic rings. The molecule has 6 nitrogen and oxygen atoms in total. The second kappa shape index (κ2) is 10.2. The van der Waals surface area contributed by atoms with Crippen LogP contribution in [-0.4, -0.2) is 41.5 Å². The van der Waals surface area contributed by atoms with Gasteiger partial charge < -0.3 is 9.47 Å². The summed E-state index contributed by atoms with van der Waals surface area (Å²) in [6.45, 7) is 0.701. The van der Waals surface area contributed by atoms with Crippen LogP contribution in [0.5, 0.6) is 0 Å². The summed E-state index contributed by atoms with van der Waals surface area (Å²) < 4.78 is 2.15. The number of rotatable bonds is 8. The van der Waals surface area contributed by atoms with Crippen molar-refractivity contribution in [2.45, 2.75) is 11.7 Å². The smallest absolute Gasteiger partial charge is 0.250 e. The Morgan fingerprint density at radius 3 is 2.50 bits per heavy atom. The van der Waals surface area contributed by atoms with Gasteiger partial charge in [-0.05, 0) is 35.4 Å². The molecule has 4 rings (SSSR count). The molecule has 1 N–H and O–H groups in total. The lowest BCUT2D eigenvalue weighted by molar-refractivity contribution is -0.118. The van der Waals surface area contributed by atoms with Crippen molar-refractivity contribution < 1.29 is 4.79 Å². The third kappa shape index (κ3) is 5.36. The number of benzene rings is 3. The van der Waals surface area contributed by atoms with Crippen LogP contribution in [0, 0.1) is 0 Å². The first-order valence-corrected chi connectivity index (χ1v) is 11.3. The first-order valence-electron chi connectivity index (χ1n) is 10.3. The van der Waals surface area contributed by atoms with Crippen LogP contribution in [0.1, 0.15) is 11.1 Å². The molecule has 0 bridgehead atoms. The van der Waals surface area contributed by atoms with Gasteiger partial charge in [-0.1, -0.05) is 66.4 Å². The maximum Gasteiger partial charge on any atom is 0.250 e. The Morgan fingerprint density at radius 1 is 1.03 bits per heavy atom. The number of para-hydroxylation sites is 2. The molecule has 0 fully saturated rings. The van der Waals surface area contributed by atoms with E-state index in [0.29, 0.717) is 6.54 Å². The Balaban J connectivity index is 1.40. The first-order chi connectivity index (χ1) is 15.6. The zero-order chi connectivity index (χ0) is 22.3. The van der Waals surface area contributed by atoms with Crippen LogP contribution in [0.2, 0.25) is 0 Å². The number of aromatic nitrogens is 2. The van der Waals surface area contributed by atoms with Crippen LogP contribution in [0.4, 0.5) is 5.69 Å². The van der Waals surface area contributed by atoms with Gasteiger partial charge in [0.1, 0.15) is 0 Å². The highest BCUT2D eigenvalue weighted by molar-refractivity contribution is 7.99. The molecule has 0 saturated heterocycles. The maximum absolute atomic E-state index is 12.3. The number of fused-ring (bicyclic) bond motifs is 1. The Morgan fingerprint density at radius 2 is 1.75 bits per heavy atom. The van der Waals surface area contributed by atoms with Gasteiger partial charge in [0.25, 0.3) is 5.91 Å². The number of imidazole rings is 1. The van der Waals surface area contributed by atoms with Gasteiger partial charge in [0.05, 0.1) is 29.5 Å². The van der Waals surface area contributed by atoms with Crippen molar-refractivity contribution in [1.29, 1.82) is 0 Å². The molecule has 1 amide bonds. The minimum absolute atomic E-state index is 0.172. The van der Waals surface area contributed by atoms with Gasteiger partial charge in [-0.3, -0.25) is 4.79 Å². The molecule has 1 aromatic heterocycles. The molecule has 162 valence electrons. The summed E-state index contributed by atoms with van der Waals surface area (Å²) in [6.07, 6.45) is 1.65. The second-order valence-corrected chi connectivity index (χ2v) is 8.47. The van der Waals surface area contributed by atoms with E-state index in [1.165, 1.54) is 17.3 Å². The van der Waals surface area contributed by atoms with Crippen molar-refractivity contribution >= 4 is 40.6 Å². The minimum Gasteiger partial charge on any atom is -0.378 e. The van der Waals surface area contributed by atoms with Gasteiger partial charge >= 0.3 is 0 Å². The Hall–Kier alpha value is -3.58. The number of nitrogens with zero attached hydrogens (tertiary/aromatic N) is 4. The molecule has 0 saturated carbocycles. The van der Waals surface area contributed by atoms with Crippen molar-refractivity contribution in [3.8, 4) is 0 Å². The summed E-state index contributed by atoms with van der Waals surface area (Å²) in [4.78, 5) is 19.1. The summed E-state index contributed by atoms with van der Waals surface area (Å²) in [6, 6.07) is 26.2. The molecule has 0 aliphatic carbocycles. The number of thioether (sulfide) groups is 1. The normalized spacial score (nSPS) is 11.2. The Kier molecular flexibility index (Phi) is 6.87. The fraction of sp³-hybridized carbons (Fsp3) is 0.160. The molecule has 0 unspecified atom stereocenters. The lowest BCUT2D eigenvalue weighted by Gasteiger charge is -2.11. The van der Waals surface area contributed by atoms with E-state index < -0.39 is 0 Å². The van der Waals surface area contributed by atoms with Crippen LogP contribution >= 0.6 is 11.8 Å². The van der Waals surface area contributed by atoms with Crippen molar-refractivity contribution in [3.05, 3.63) is 90.0 Å². The second-order valence-electron chi connectivity index (χ2n) is 7.52. The number of amides is 1. The van der Waals surface area contributed by atoms with Gasteiger partial charge in [0.2, 0.25) is 0 Å². The average Bonchev–Trinajstić information content (AvgIpc) is 3.16. The van der Waals surface area contributed by atoms with Gasteiger partial charge in [-0.2, -0.15) is 5.10 Å². The Labute approximate surface area is 192 Å². The lowest BCUT2D eigenvalue weighted by atomic mass is 10.2. The quantitative estimate of drug-likeness (QED) is 0.249. The van der Waals surface area contributed by atoms with Crippen LogP contribution in [0.3, 0.4) is 0 Å². The van der Waals surface area contributed by atoms with Gasteiger partial charge in [0.15, 0.2) is 5.16 Å². The first kappa shape index (κ1) is 21.6. The predicted octanol–water partition coefficient (Wildman–Crippen LogP) is 4.39. The topological polar surface area (TPSA) is 62.5 Å². The fourth-order valence-electron chi connectivity index (χ4n) is 3.28. The lowest BCUT2D eigenvalue weighted by Crippen LogP contribution is -2.20. The zero-order valence-electron chi connectivity index (χ0n) is 18.1. The molecule has 7 heteroatoms. The number of carbonyl (C=O) groups excluding carboxylic acids is 1. The molecule has 0 aliphatic rings.